The molecule has 0 unspecified atom stereocenters. The molecule has 0 fully saturated rings. The zero-order valence-corrected chi connectivity index (χ0v) is 16.2. The van der Waals surface area contributed by atoms with E-state index in [-0.39, 0.29) is 10.8 Å². The largest absolute Gasteiger partial charge is 0.0843 e. The van der Waals surface area contributed by atoms with Crippen LogP contribution in [-0.4, -0.2) is 0 Å². The maximum atomic E-state index is 5.99. The van der Waals surface area contributed by atoms with Crippen LogP contribution in [0, 0.1) is 0 Å². The summed E-state index contributed by atoms with van der Waals surface area (Å²) >= 11 is 5.99. The van der Waals surface area contributed by atoms with Gasteiger partial charge in [-0.05, 0) is 70.6 Å². The van der Waals surface area contributed by atoms with Gasteiger partial charge in [-0.25, -0.2) is 0 Å². The predicted molar refractivity (Wildman–Crippen MR) is 107 cm³/mol. The Bertz CT molecular complexity index is 776. The maximum absolute atomic E-state index is 5.99. The van der Waals surface area contributed by atoms with Crippen molar-refractivity contribution < 1.29 is 0 Å². The Morgan fingerprint density at radius 2 is 1.46 bits per heavy atom. The van der Waals surface area contributed by atoms with Crippen LogP contribution < -0.4 is 0 Å². The van der Waals surface area contributed by atoms with Gasteiger partial charge in [0.05, 0.1) is 0 Å². The molecule has 126 valence electrons. The molecule has 0 radical (unpaired) electrons. The van der Waals surface area contributed by atoms with E-state index in [1.807, 2.05) is 12.1 Å². The molecule has 0 spiro atoms. The van der Waals surface area contributed by atoms with Gasteiger partial charge in [0, 0.05) is 5.02 Å². The summed E-state index contributed by atoms with van der Waals surface area (Å²) in [5.41, 5.74) is 7.32. The number of benzene rings is 2. The van der Waals surface area contributed by atoms with E-state index >= 15 is 0 Å². The van der Waals surface area contributed by atoms with Crippen molar-refractivity contribution in [3.8, 4) is 0 Å². The molecule has 0 atom stereocenters. The Labute approximate surface area is 151 Å². The summed E-state index contributed by atoms with van der Waals surface area (Å²) in [5, 5.41) is 0.782. The Morgan fingerprint density at radius 3 is 2.08 bits per heavy atom. The summed E-state index contributed by atoms with van der Waals surface area (Å²) in [5.74, 6) is 0. The van der Waals surface area contributed by atoms with Gasteiger partial charge in [-0.1, -0.05) is 75.7 Å². The lowest BCUT2D eigenvalue weighted by atomic mass is 9.63. The lowest BCUT2D eigenvalue weighted by molar-refractivity contribution is 0.332. The van der Waals surface area contributed by atoms with E-state index in [0.717, 1.165) is 5.02 Å². The van der Waals surface area contributed by atoms with E-state index in [1.165, 1.54) is 40.7 Å². The van der Waals surface area contributed by atoms with Gasteiger partial charge in [-0.3, -0.25) is 0 Å². The molecule has 0 saturated carbocycles. The first-order valence-corrected chi connectivity index (χ1v) is 9.16. The summed E-state index contributed by atoms with van der Waals surface area (Å²) in [7, 11) is 0. The van der Waals surface area contributed by atoms with E-state index in [1.54, 1.807) is 0 Å². The number of rotatable bonds is 2. The van der Waals surface area contributed by atoms with Gasteiger partial charge in [0.15, 0.2) is 0 Å². The summed E-state index contributed by atoms with van der Waals surface area (Å²) < 4.78 is 0. The van der Waals surface area contributed by atoms with Gasteiger partial charge >= 0.3 is 0 Å². The molecule has 0 nitrogen and oxygen atoms in total. The zero-order chi connectivity index (χ0) is 17.5. The lowest BCUT2D eigenvalue weighted by Crippen LogP contribution is -2.33. The molecule has 1 heteroatoms. The van der Waals surface area contributed by atoms with E-state index in [2.05, 4.69) is 71.0 Å². The highest BCUT2D eigenvalue weighted by Gasteiger charge is 2.36. The summed E-state index contributed by atoms with van der Waals surface area (Å²) in [6, 6.07) is 15.1. The van der Waals surface area contributed by atoms with Crippen LogP contribution in [0.15, 0.2) is 42.5 Å². The first-order valence-electron chi connectivity index (χ1n) is 8.78. The van der Waals surface area contributed by atoms with Gasteiger partial charge in [0.2, 0.25) is 0 Å². The highest BCUT2D eigenvalue weighted by atomic mass is 35.5. The Kier molecular flexibility index (Phi) is 4.38. The molecule has 2 aromatic rings. The molecule has 3 rings (SSSR count). The molecule has 0 bridgehead atoms. The first kappa shape index (κ1) is 17.3. The van der Waals surface area contributed by atoms with Crippen molar-refractivity contribution >= 4 is 23.3 Å². The van der Waals surface area contributed by atoms with Crippen LogP contribution >= 0.6 is 11.6 Å². The molecular weight excluding hydrogens is 312 g/mol. The molecular formula is C23H27Cl. The second kappa shape index (κ2) is 6.08. The Balaban J connectivity index is 2.02. The number of allylic oxidation sites excluding steroid dienone is 1. The van der Waals surface area contributed by atoms with Crippen molar-refractivity contribution in [2.24, 2.45) is 0 Å². The molecule has 0 heterocycles. The monoisotopic (exact) mass is 338 g/mol. The molecule has 0 N–H and O–H groups in total. The van der Waals surface area contributed by atoms with Crippen molar-refractivity contribution in [3.05, 3.63) is 69.7 Å². The number of fused-ring (bicyclic) bond motifs is 1. The standard InChI is InChI=1S/C23H27Cl/c1-16(18-7-9-19(24)10-8-18)14-17-6-11-20-21(15-17)23(4,5)13-12-22(20,2)3/h6-11,14-15H,12-13H2,1-5H3. The smallest absolute Gasteiger partial charge is 0.0406 e. The second-order valence-corrected chi connectivity index (χ2v) is 8.84. The molecule has 0 amide bonds. The number of halogens is 1. The van der Waals surface area contributed by atoms with E-state index in [0.29, 0.717) is 0 Å². The minimum atomic E-state index is 0.253. The number of hydrogen-bond acceptors (Lipinski definition) is 0. The first-order chi connectivity index (χ1) is 11.2. The quantitative estimate of drug-likeness (QED) is 0.506. The second-order valence-electron chi connectivity index (χ2n) is 8.41. The van der Waals surface area contributed by atoms with Crippen molar-refractivity contribution in [1.29, 1.82) is 0 Å². The van der Waals surface area contributed by atoms with Gasteiger partial charge in [0.25, 0.3) is 0 Å². The Hall–Kier alpha value is -1.53. The van der Waals surface area contributed by atoms with Crippen LogP contribution in [0.1, 0.15) is 69.7 Å². The third kappa shape index (κ3) is 3.30. The van der Waals surface area contributed by atoms with Crippen LogP contribution in [-0.2, 0) is 10.8 Å². The van der Waals surface area contributed by atoms with E-state index in [4.69, 9.17) is 11.6 Å². The van der Waals surface area contributed by atoms with Crippen LogP contribution in [0.25, 0.3) is 11.6 Å². The molecule has 0 aliphatic heterocycles. The third-order valence-corrected chi connectivity index (χ3v) is 5.81. The molecule has 0 saturated heterocycles. The van der Waals surface area contributed by atoms with Gasteiger partial charge in [-0.15, -0.1) is 0 Å². The predicted octanol–water partition coefficient (Wildman–Crippen LogP) is 7.25. The van der Waals surface area contributed by atoms with E-state index in [9.17, 15) is 0 Å². The zero-order valence-electron chi connectivity index (χ0n) is 15.4. The van der Waals surface area contributed by atoms with Crippen molar-refractivity contribution in [1.82, 2.24) is 0 Å². The van der Waals surface area contributed by atoms with Gasteiger partial charge in [0.1, 0.15) is 0 Å². The van der Waals surface area contributed by atoms with Gasteiger partial charge < -0.3 is 0 Å². The summed E-state index contributed by atoms with van der Waals surface area (Å²) in [6.07, 6.45) is 4.78. The normalized spacial score (nSPS) is 19.0. The van der Waals surface area contributed by atoms with Crippen LogP contribution in [0.4, 0.5) is 0 Å². The fraction of sp³-hybridized carbons (Fsp3) is 0.391. The van der Waals surface area contributed by atoms with E-state index < -0.39 is 0 Å². The van der Waals surface area contributed by atoms with Crippen LogP contribution in [0.5, 0.6) is 0 Å². The highest BCUT2D eigenvalue weighted by molar-refractivity contribution is 6.30. The maximum Gasteiger partial charge on any atom is 0.0406 e. The van der Waals surface area contributed by atoms with Crippen molar-refractivity contribution in [3.63, 3.8) is 0 Å². The molecule has 2 aromatic carbocycles. The fourth-order valence-corrected chi connectivity index (χ4v) is 3.87. The molecule has 1 aliphatic carbocycles. The van der Waals surface area contributed by atoms with Crippen LogP contribution in [0.3, 0.4) is 0 Å². The average molecular weight is 339 g/mol. The summed E-state index contributed by atoms with van der Waals surface area (Å²) in [4.78, 5) is 0. The summed E-state index contributed by atoms with van der Waals surface area (Å²) in [6.45, 7) is 11.7. The lowest BCUT2D eigenvalue weighted by Gasteiger charge is -2.42. The highest BCUT2D eigenvalue weighted by Crippen LogP contribution is 2.46. The molecule has 1 aliphatic rings. The minimum Gasteiger partial charge on any atom is -0.0843 e. The van der Waals surface area contributed by atoms with Crippen molar-refractivity contribution in [2.45, 2.75) is 58.3 Å². The average Bonchev–Trinajstić information content (AvgIpc) is 2.52. The molecule has 24 heavy (non-hydrogen) atoms. The minimum absolute atomic E-state index is 0.253. The SMILES string of the molecule is CC(=Cc1ccc2c(c1)C(C)(C)CCC2(C)C)c1ccc(Cl)cc1. The van der Waals surface area contributed by atoms with Gasteiger partial charge in [-0.2, -0.15) is 0 Å². The molecule has 0 aromatic heterocycles. The topological polar surface area (TPSA) is 0 Å². The third-order valence-electron chi connectivity index (χ3n) is 5.56. The fourth-order valence-electron chi connectivity index (χ4n) is 3.74. The number of hydrogen-bond donors (Lipinski definition) is 0. The van der Waals surface area contributed by atoms with Crippen LogP contribution in [0.2, 0.25) is 5.02 Å². The Morgan fingerprint density at radius 1 is 0.875 bits per heavy atom. The van der Waals surface area contributed by atoms with Crippen molar-refractivity contribution in [2.75, 3.05) is 0 Å².